The Labute approximate surface area is 111 Å². The van der Waals surface area contributed by atoms with Crippen LogP contribution in [0, 0.1) is 0 Å². The first-order chi connectivity index (χ1) is 8.75. The van der Waals surface area contributed by atoms with E-state index in [9.17, 15) is 0 Å². The molecule has 0 bridgehead atoms. The summed E-state index contributed by atoms with van der Waals surface area (Å²) in [5, 5.41) is 3.60. The predicted octanol–water partition coefficient (Wildman–Crippen LogP) is 2.81. The van der Waals surface area contributed by atoms with Crippen molar-refractivity contribution < 1.29 is 4.74 Å². The SMILES string of the molecule is Nc1cnc(NCCOc2ccccc2)c(Cl)c1. The molecular weight excluding hydrogens is 250 g/mol. The molecule has 18 heavy (non-hydrogen) atoms. The zero-order valence-corrected chi connectivity index (χ0v) is 10.5. The Balaban J connectivity index is 1.79. The number of benzene rings is 1. The molecule has 1 aromatic heterocycles. The summed E-state index contributed by atoms with van der Waals surface area (Å²) >= 11 is 5.98. The summed E-state index contributed by atoms with van der Waals surface area (Å²) in [5.41, 5.74) is 6.11. The number of pyridine rings is 1. The van der Waals surface area contributed by atoms with Crippen molar-refractivity contribution in [3.63, 3.8) is 0 Å². The summed E-state index contributed by atoms with van der Waals surface area (Å²) in [6.07, 6.45) is 1.56. The Bertz CT molecular complexity index is 505. The molecule has 0 spiro atoms. The highest BCUT2D eigenvalue weighted by molar-refractivity contribution is 6.33. The summed E-state index contributed by atoms with van der Waals surface area (Å²) in [6, 6.07) is 11.3. The zero-order chi connectivity index (χ0) is 12.8. The van der Waals surface area contributed by atoms with Crippen LogP contribution in [0.1, 0.15) is 0 Å². The van der Waals surface area contributed by atoms with Crippen LogP contribution in [-0.4, -0.2) is 18.1 Å². The number of halogens is 1. The molecule has 2 rings (SSSR count). The monoisotopic (exact) mass is 263 g/mol. The molecule has 3 N–H and O–H groups in total. The van der Waals surface area contributed by atoms with E-state index in [0.717, 1.165) is 5.75 Å². The molecule has 4 nitrogen and oxygen atoms in total. The fraction of sp³-hybridized carbons (Fsp3) is 0.154. The molecule has 0 aliphatic carbocycles. The molecular formula is C13H14ClN3O. The van der Waals surface area contributed by atoms with Gasteiger partial charge in [0.2, 0.25) is 0 Å². The van der Waals surface area contributed by atoms with Crippen molar-refractivity contribution in [3.05, 3.63) is 47.6 Å². The number of hydrogen-bond donors (Lipinski definition) is 2. The Morgan fingerprint density at radius 1 is 1.28 bits per heavy atom. The zero-order valence-electron chi connectivity index (χ0n) is 9.77. The second kappa shape index (κ2) is 6.12. The van der Waals surface area contributed by atoms with Gasteiger partial charge in [0.25, 0.3) is 0 Å². The number of aromatic nitrogens is 1. The van der Waals surface area contributed by atoms with E-state index in [1.54, 1.807) is 12.3 Å². The highest BCUT2D eigenvalue weighted by Crippen LogP contribution is 2.20. The van der Waals surface area contributed by atoms with Crippen LogP contribution in [0.4, 0.5) is 11.5 Å². The van der Waals surface area contributed by atoms with Gasteiger partial charge in [-0.2, -0.15) is 0 Å². The standard InChI is InChI=1S/C13H14ClN3O/c14-12-8-10(15)9-17-13(12)16-6-7-18-11-4-2-1-3-5-11/h1-5,8-9H,6-7,15H2,(H,16,17). The second-order valence-electron chi connectivity index (χ2n) is 3.69. The summed E-state index contributed by atoms with van der Waals surface area (Å²) in [4.78, 5) is 4.10. The maximum absolute atomic E-state index is 5.98. The molecule has 0 unspecified atom stereocenters. The molecule has 0 atom stereocenters. The molecule has 94 valence electrons. The summed E-state index contributed by atoms with van der Waals surface area (Å²) in [7, 11) is 0. The minimum Gasteiger partial charge on any atom is -0.492 e. The van der Waals surface area contributed by atoms with E-state index in [-0.39, 0.29) is 0 Å². The van der Waals surface area contributed by atoms with E-state index in [4.69, 9.17) is 22.1 Å². The average molecular weight is 264 g/mol. The first-order valence-electron chi connectivity index (χ1n) is 5.58. The van der Waals surface area contributed by atoms with E-state index in [2.05, 4.69) is 10.3 Å². The van der Waals surface area contributed by atoms with E-state index in [0.29, 0.717) is 29.7 Å². The summed E-state index contributed by atoms with van der Waals surface area (Å²) < 4.78 is 5.53. The average Bonchev–Trinajstić information content (AvgIpc) is 2.38. The lowest BCUT2D eigenvalue weighted by atomic mass is 10.3. The molecule has 0 aliphatic heterocycles. The topological polar surface area (TPSA) is 60.2 Å². The highest BCUT2D eigenvalue weighted by Gasteiger charge is 2.01. The Morgan fingerprint density at radius 3 is 2.78 bits per heavy atom. The van der Waals surface area contributed by atoms with Crippen LogP contribution in [0.2, 0.25) is 5.02 Å². The van der Waals surface area contributed by atoms with Crippen molar-refractivity contribution in [2.75, 3.05) is 24.2 Å². The van der Waals surface area contributed by atoms with Crippen LogP contribution >= 0.6 is 11.6 Å². The quantitative estimate of drug-likeness (QED) is 0.815. The molecule has 1 aromatic carbocycles. The number of nitrogens with one attached hydrogen (secondary N) is 1. The lowest BCUT2D eigenvalue weighted by Gasteiger charge is -2.09. The van der Waals surface area contributed by atoms with Crippen LogP contribution in [0.15, 0.2) is 42.6 Å². The molecule has 0 saturated carbocycles. The Kier molecular flexibility index (Phi) is 4.25. The van der Waals surface area contributed by atoms with Gasteiger partial charge in [-0.25, -0.2) is 4.98 Å². The van der Waals surface area contributed by atoms with Crippen molar-refractivity contribution >= 4 is 23.1 Å². The van der Waals surface area contributed by atoms with Crippen molar-refractivity contribution in [1.82, 2.24) is 4.98 Å². The molecule has 0 aliphatic rings. The number of nitrogen functional groups attached to an aromatic ring is 1. The van der Waals surface area contributed by atoms with Gasteiger partial charge in [-0.15, -0.1) is 0 Å². The first kappa shape index (κ1) is 12.5. The van der Waals surface area contributed by atoms with Gasteiger partial charge >= 0.3 is 0 Å². The van der Waals surface area contributed by atoms with Gasteiger partial charge in [0.05, 0.1) is 23.5 Å². The second-order valence-corrected chi connectivity index (χ2v) is 4.09. The highest BCUT2D eigenvalue weighted by atomic mass is 35.5. The number of nitrogens with two attached hydrogens (primary N) is 1. The van der Waals surface area contributed by atoms with Gasteiger partial charge in [-0.3, -0.25) is 0 Å². The van der Waals surface area contributed by atoms with Gasteiger partial charge < -0.3 is 15.8 Å². The van der Waals surface area contributed by atoms with E-state index >= 15 is 0 Å². The van der Waals surface area contributed by atoms with Gasteiger partial charge in [-0.1, -0.05) is 29.8 Å². The van der Waals surface area contributed by atoms with E-state index in [1.807, 2.05) is 30.3 Å². The van der Waals surface area contributed by atoms with Crippen LogP contribution in [0.5, 0.6) is 5.75 Å². The van der Waals surface area contributed by atoms with Crippen LogP contribution < -0.4 is 15.8 Å². The summed E-state index contributed by atoms with van der Waals surface area (Å²) in [6.45, 7) is 1.15. The molecule has 0 fully saturated rings. The normalized spacial score (nSPS) is 10.1. The van der Waals surface area contributed by atoms with Crippen LogP contribution in [0.3, 0.4) is 0 Å². The number of hydrogen-bond acceptors (Lipinski definition) is 4. The third-order valence-electron chi connectivity index (χ3n) is 2.27. The lowest BCUT2D eigenvalue weighted by Crippen LogP contribution is -2.12. The Morgan fingerprint density at radius 2 is 2.06 bits per heavy atom. The van der Waals surface area contributed by atoms with Gasteiger partial charge in [0.1, 0.15) is 18.2 Å². The molecule has 0 saturated heterocycles. The van der Waals surface area contributed by atoms with Gasteiger partial charge in [0, 0.05) is 0 Å². The molecule has 0 amide bonds. The van der Waals surface area contributed by atoms with Crippen molar-refractivity contribution in [2.24, 2.45) is 0 Å². The number of anilines is 2. The lowest BCUT2D eigenvalue weighted by molar-refractivity contribution is 0.333. The molecule has 1 heterocycles. The number of nitrogens with zero attached hydrogens (tertiary/aromatic N) is 1. The van der Waals surface area contributed by atoms with Crippen molar-refractivity contribution in [1.29, 1.82) is 0 Å². The fourth-order valence-corrected chi connectivity index (χ4v) is 1.68. The van der Waals surface area contributed by atoms with E-state index in [1.165, 1.54) is 0 Å². The minimum atomic E-state index is 0.509. The smallest absolute Gasteiger partial charge is 0.145 e. The first-order valence-corrected chi connectivity index (χ1v) is 5.96. The third-order valence-corrected chi connectivity index (χ3v) is 2.56. The Hall–Kier alpha value is -1.94. The van der Waals surface area contributed by atoms with Crippen LogP contribution in [-0.2, 0) is 0 Å². The third kappa shape index (κ3) is 3.53. The van der Waals surface area contributed by atoms with E-state index < -0.39 is 0 Å². The number of para-hydroxylation sites is 1. The molecule has 5 heteroatoms. The maximum atomic E-state index is 5.98. The number of ether oxygens (including phenoxy) is 1. The fourth-order valence-electron chi connectivity index (χ4n) is 1.44. The number of rotatable bonds is 5. The van der Waals surface area contributed by atoms with Gasteiger partial charge in [-0.05, 0) is 18.2 Å². The van der Waals surface area contributed by atoms with Crippen molar-refractivity contribution in [3.8, 4) is 5.75 Å². The van der Waals surface area contributed by atoms with Crippen molar-refractivity contribution in [2.45, 2.75) is 0 Å². The summed E-state index contributed by atoms with van der Waals surface area (Å²) in [5.74, 6) is 1.46. The maximum Gasteiger partial charge on any atom is 0.145 e. The van der Waals surface area contributed by atoms with Gasteiger partial charge in [0.15, 0.2) is 0 Å². The molecule has 0 radical (unpaired) electrons. The van der Waals surface area contributed by atoms with Crippen LogP contribution in [0.25, 0.3) is 0 Å². The minimum absolute atomic E-state index is 0.509. The predicted molar refractivity (Wildman–Crippen MR) is 74.1 cm³/mol. The largest absolute Gasteiger partial charge is 0.492 e. The molecule has 2 aromatic rings.